The van der Waals surface area contributed by atoms with Gasteiger partial charge in [0.25, 0.3) is 0 Å². The second-order valence-corrected chi connectivity index (χ2v) is 9.56. The highest BCUT2D eigenvalue weighted by molar-refractivity contribution is 6.31. The number of aliphatic hydroxyl groups is 1. The number of nitrogens with zero attached hydrogens (tertiary/aromatic N) is 1. The van der Waals surface area contributed by atoms with Crippen LogP contribution < -0.4 is 5.32 Å². The summed E-state index contributed by atoms with van der Waals surface area (Å²) in [5, 5.41) is 13.6. The van der Waals surface area contributed by atoms with E-state index < -0.39 is 6.04 Å². The van der Waals surface area contributed by atoms with Crippen LogP contribution in [0.25, 0.3) is 0 Å². The van der Waals surface area contributed by atoms with Crippen molar-refractivity contribution in [3.8, 4) is 0 Å². The number of ketones is 1. The van der Waals surface area contributed by atoms with E-state index in [-0.39, 0.29) is 23.7 Å². The van der Waals surface area contributed by atoms with Crippen molar-refractivity contribution in [1.29, 1.82) is 0 Å². The maximum Gasteiger partial charge on any atom is 0.220 e. The molecule has 1 atom stereocenters. The van der Waals surface area contributed by atoms with E-state index in [0.29, 0.717) is 36.5 Å². The van der Waals surface area contributed by atoms with Crippen molar-refractivity contribution in [1.82, 2.24) is 10.2 Å². The predicted molar refractivity (Wildman–Crippen MR) is 124 cm³/mol. The van der Waals surface area contributed by atoms with Gasteiger partial charge in [-0.15, -0.1) is 0 Å². The van der Waals surface area contributed by atoms with E-state index in [1.807, 2.05) is 43.4 Å². The molecule has 0 fully saturated rings. The summed E-state index contributed by atoms with van der Waals surface area (Å²) in [6.45, 7) is 8.31. The summed E-state index contributed by atoms with van der Waals surface area (Å²) in [4.78, 5) is 28.0. The van der Waals surface area contributed by atoms with Crippen molar-refractivity contribution in [3.05, 3.63) is 69.4 Å². The number of Topliss-reactive ketones (excluding diaryl/α,β-unsaturated/α-hetero) is 1. The third-order valence-corrected chi connectivity index (χ3v) is 6.18. The lowest BCUT2D eigenvalue weighted by atomic mass is 9.73. The Morgan fingerprint density at radius 3 is 2.71 bits per heavy atom. The van der Waals surface area contributed by atoms with Crippen LogP contribution in [0.15, 0.2) is 53.3 Å². The molecule has 1 aromatic rings. The van der Waals surface area contributed by atoms with Crippen LogP contribution >= 0.6 is 11.6 Å². The molecule has 1 aromatic carbocycles. The van der Waals surface area contributed by atoms with Crippen LogP contribution in [-0.4, -0.2) is 41.4 Å². The average Bonchev–Trinajstić information content (AvgIpc) is 2.69. The van der Waals surface area contributed by atoms with Gasteiger partial charge in [-0.2, -0.15) is 0 Å². The van der Waals surface area contributed by atoms with Crippen molar-refractivity contribution in [2.75, 3.05) is 19.7 Å². The van der Waals surface area contributed by atoms with Crippen molar-refractivity contribution < 1.29 is 14.7 Å². The number of benzene rings is 1. The number of carbonyl (C=O) groups is 2. The minimum absolute atomic E-state index is 0.0289. The van der Waals surface area contributed by atoms with Crippen LogP contribution in [0, 0.1) is 12.3 Å². The normalized spacial score (nSPS) is 24.5. The summed E-state index contributed by atoms with van der Waals surface area (Å²) >= 11 is 6.66. The molecular formula is C25H31ClN2O3. The highest BCUT2D eigenvalue weighted by Gasteiger charge is 2.40. The zero-order valence-corrected chi connectivity index (χ0v) is 19.4. The topological polar surface area (TPSA) is 69.6 Å². The number of hydrogen-bond donors (Lipinski definition) is 2. The first-order valence-electron chi connectivity index (χ1n) is 10.6. The highest BCUT2D eigenvalue weighted by Crippen LogP contribution is 2.43. The molecule has 1 heterocycles. The number of halogens is 1. The van der Waals surface area contributed by atoms with E-state index >= 15 is 0 Å². The fraction of sp³-hybridized carbons (Fsp3) is 0.440. The van der Waals surface area contributed by atoms with Crippen molar-refractivity contribution >= 4 is 23.3 Å². The van der Waals surface area contributed by atoms with E-state index in [1.165, 1.54) is 6.92 Å². The fourth-order valence-electron chi connectivity index (χ4n) is 4.37. The lowest BCUT2D eigenvalue weighted by Crippen LogP contribution is -2.41. The summed E-state index contributed by atoms with van der Waals surface area (Å²) in [5.74, 6) is -0.120. The molecule has 0 spiro atoms. The lowest BCUT2D eigenvalue weighted by molar-refractivity contribution is -0.130. The Morgan fingerprint density at radius 2 is 2.06 bits per heavy atom. The Bertz CT molecular complexity index is 975. The van der Waals surface area contributed by atoms with Crippen molar-refractivity contribution in [2.24, 2.45) is 5.41 Å². The van der Waals surface area contributed by atoms with Gasteiger partial charge in [0.2, 0.25) is 5.91 Å². The number of aliphatic hydroxyl groups excluding tert-OH is 1. The van der Waals surface area contributed by atoms with Crippen LogP contribution in [-0.2, 0) is 9.59 Å². The molecule has 1 unspecified atom stereocenters. The summed E-state index contributed by atoms with van der Waals surface area (Å²) in [5.41, 5.74) is 3.77. The van der Waals surface area contributed by atoms with Crippen molar-refractivity contribution in [2.45, 2.75) is 46.6 Å². The Morgan fingerprint density at radius 1 is 1.32 bits per heavy atom. The minimum Gasteiger partial charge on any atom is -0.392 e. The van der Waals surface area contributed by atoms with Gasteiger partial charge in [-0.25, -0.2) is 0 Å². The quantitative estimate of drug-likeness (QED) is 0.718. The van der Waals surface area contributed by atoms with Crippen LogP contribution in [0.2, 0.25) is 5.02 Å². The van der Waals surface area contributed by atoms with Crippen LogP contribution in [0.3, 0.4) is 0 Å². The van der Waals surface area contributed by atoms with Gasteiger partial charge in [-0.3, -0.25) is 9.59 Å². The standard InChI is InChI=1S/C25H31ClN2O3/c1-16-7-8-19(20(26)12-16)24-23-21(13-25(3,4)14-22(23)31)27-10-9-18(15-29)6-5-11-28(24)17(2)30/h5-9,12,24,27,29H,10-11,13-15H2,1-4H3/b6-5-,18-9+. The maximum absolute atomic E-state index is 13.5. The molecule has 2 aliphatic rings. The highest BCUT2D eigenvalue weighted by atomic mass is 35.5. The van der Waals surface area contributed by atoms with E-state index in [2.05, 4.69) is 19.2 Å². The molecule has 31 heavy (non-hydrogen) atoms. The number of hydrogen-bond acceptors (Lipinski definition) is 4. The summed E-state index contributed by atoms with van der Waals surface area (Å²) in [6, 6.07) is 5.15. The summed E-state index contributed by atoms with van der Waals surface area (Å²) in [7, 11) is 0. The smallest absolute Gasteiger partial charge is 0.220 e. The zero-order valence-electron chi connectivity index (χ0n) is 18.7. The van der Waals surface area contributed by atoms with Gasteiger partial charge in [-0.1, -0.05) is 55.8 Å². The van der Waals surface area contributed by atoms with Crippen LogP contribution in [0.5, 0.6) is 0 Å². The SMILES string of the molecule is CC(=O)N1C/C=C\C(CO)=C/CNC2=C(C(=O)CC(C)(C)C2)C1c1ccc(C)cc1Cl. The fourth-order valence-corrected chi connectivity index (χ4v) is 4.71. The minimum atomic E-state index is -0.586. The number of rotatable bonds is 2. The molecular weight excluding hydrogens is 412 g/mol. The molecule has 6 heteroatoms. The number of nitrogens with one attached hydrogen (secondary N) is 1. The Kier molecular flexibility index (Phi) is 7.07. The largest absolute Gasteiger partial charge is 0.392 e. The van der Waals surface area contributed by atoms with Gasteiger partial charge in [0.1, 0.15) is 0 Å². The number of amides is 1. The Balaban J connectivity index is 2.26. The third kappa shape index (κ3) is 5.28. The molecule has 5 nitrogen and oxygen atoms in total. The van der Waals surface area contributed by atoms with Crippen molar-refractivity contribution in [3.63, 3.8) is 0 Å². The van der Waals surface area contributed by atoms with Gasteiger partial charge in [-0.05, 0) is 41.5 Å². The third-order valence-electron chi connectivity index (χ3n) is 5.86. The van der Waals surface area contributed by atoms with E-state index in [9.17, 15) is 14.7 Å². The van der Waals surface area contributed by atoms with E-state index in [4.69, 9.17) is 11.6 Å². The molecule has 0 aromatic heterocycles. The first-order chi connectivity index (χ1) is 14.6. The maximum atomic E-state index is 13.5. The van der Waals surface area contributed by atoms with Crippen LogP contribution in [0.4, 0.5) is 0 Å². The first kappa shape index (κ1) is 23.3. The number of carbonyl (C=O) groups excluding carboxylic acids is 2. The first-order valence-corrected chi connectivity index (χ1v) is 11.0. The lowest BCUT2D eigenvalue weighted by Gasteiger charge is -2.39. The summed E-state index contributed by atoms with van der Waals surface area (Å²) < 4.78 is 0. The predicted octanol–water partition coefficient (Wildman–Crippen LogP) is 4.26. The molecule has 1 aliphatic carbocycles. The van der Waals surface area contributed by atoms with E-state index in [0.717, 1.165) is 22.4 Å². The second-order valence-electron chi connectivity index (χ2n) is 9.15. The monoisotopic (exact) mass is 442 g/mol. The summed E-state index contributed by atoms with van der Waals surface area (Å²) in [6.07, 6.45) is 6.68. The second kappa shape index (κ2) is 9.41. The Hall–Kier alpha value is -2.37. The molecule has 166 valence electrons. The molecule has 0 bridgehead atoms. The van der Waals surface area contributed by atoms with E-state index in [1.54, 1.807) is 4.90 Å². The molecule has 1 aliphatic heterocycles. The molecule has 0 saturated heterocycles. The van der Waals surface area contributed by atoms with Gasteiger partial charge < -0.3 is 15.3 Å². The number of aryl methyl sites for hydroxylation is 1. The molecule has 1 amide bonds. The molecule has 2 N–H and O–H groups in total. The molecule has 0 radical (unpaired) electrons. The van der Waals surface area contributed by atoms with Gasteiger partial charge in [0, 0.05) is 42.7 Å². The average molecular weight is 443 g/mol. The van der Waals surface area contributed by atoms with Gasteiger partial charge in [0.05, 0.1) is 12.6 Å². The molecule has 0 saturated carbocycles. The van der Waals surface area contributed by atoms with Gasteiger partial charge >= 0.3 is 0 Å². The number of allylic oxidation sites excluding steroid dienone is 1. The van der Waals surface area contributed by atoms with Crippen LogP contribution in [0.1, 0.15) is 50.8 Å². The Labute approximate surface area is 189 Å². The molecule has 3 rings (SSSR count). The van der Waals surface area contributed by atoms with Gasteiger partial charge in [0.15, 0.2) is 5.78 Å². The zero-order chi connectivity index (χ0) is 22.8.